The van der Waals surface area contributed by atoms with Crippen molar-refractivity contribution in [3.63, 3.8) is 0 Å². The van der Waals surface area contributed by atoms with E-state index in [1.54, 1.807) is 6.08 Å². The highest BCUT2D eigenvalue weighted by molar-refractivity contribution is 5.76. The van der Waals surface area contributed by atoms with Gasteiger partial charge in [-0.1, -0.05) is 392 Å². The highest BCUT2D eigenvalue weighted by Crippen LogP contribution is 2.20. The van der Waals surface area contributed by atoms with E-state index in [1.807, 2.05) is 6.08 Å². The second-order valence-electron chi connectivity index (χ2n) is 25.6. The van der Waals surface area contributed by atoms with Crippen molar-refractivity contribution >= 4 is 11.9 Å². The predicted octanol–water partition coefficient (Wildman–Crippen LogP) is 23.9. The van der Waals surface area contributed by atoms with Crippen molar-refractivity contribution in [3.05, 3.63) is 12.2 Å². The van der Waals surface area contributed by atoms with Crippen molar-refractivity contribution in [3.8, 4) is 0 Å². The minimum absolute atomic E-state index is 0.0162. The van der Waals surface area contributed by atoms with Gasteiger partial charge in [-0.15, -0.1) is 0 Å². The number of aliphatic hydroxyl groups is 2. The number of hydrogen-bond donors (Lipinski definition) is 3. The Morgan fingerprint density at radius 1 is 0.338 bits per heavy atom. The molecule has 0 aliphatic carbocycles. The van der Waals surface area contributed by atoms with E-state index in [-0.39, 0.29) is 18.5 Å². The number of nitrogens with one attached hydrogen (secondary N) is 1. The molecule has 0 radical (unpaired) electrons. The average molecular weight is 1130 g/mol. The van der Waals surface area contributed by atoms with Crippen LogP contribution in [0.5, 0.6) is 0 Å². The molecule has 0 bridgehead atoms. The number of allylic oxidation sites excluding steroid dienone is 1. The molecule has 3 N–H and O–H groups in total. The number of carbonyl (C=O) groups excluding carboxylic acids is 2. The van der Waals surface area contributed by atoms with Crippen LogP contribution < -0.4 is 5.32 Å². The molecule has 0 aromatic rings. The van der Waals surface area contributed by atoms with Crippen LogP contribution in [-0.4, -0.2) is 47.4 Å². The van der Waals surface area contributed by atoms with Gasteiger partial charge in [-0.05, 0) is 32.1 Å². The Morgan fingerprint density at radius 3 is 0.850 bits per heavy atom. The molecule has 80 heavy (non-hydrogen) atoms. The Hall–Kier alpha value is -1.40. The van der Waals surface area contributed by atoms with Gasteiger partial charge in [-0.25, -0.2) is 0 Å². The molecule has 0 aliphatic rings. The molecule has 2 atom stereocenters. The number of rotatable bonds is 70. The lowest BCUT2D eigenvalue weighted by molar-refractivity contribution is -0.143. The molecule has 6 nitrogen and oxygen atoms in total. The summed E-state index contributed by atoms with van der Waals surface area (Å²) in [6.07, 6.45) is 87.3. The normalized spacial score (nSPS) is 12.5. The van der Waals surface area contributed by atoms with Crippen LogP contribution >= 0.6 is 0 Å². The molecular formula is C74H145NO5. The van der Waals surface area contributed by atoms with E-state index >= 15 is 0 Å². The van der Waals surface area contributed by atoms with Crippen LogP contribution in [0.1, 0.15) is 425 Å². The van der Waals surface area contributed by atoms with E-state index in [4.69, 9.17) is 4.74 Å². The molecule has 2 unspecified atom stereocenters. The summed E-state index contributed by atoms with van der Waals surface area (Å²) in [5.74, 6) is -0.0482. The molecule has 0 spiro atoms. The summed E-state index contributed by atoms with van der Waals surface area (Å²) in [6.45, 7) is 4.96. The maximum Gasteiger partial charge on any atom is 0.305 e. The van der Waals surface area contributed by atoms with Crippen LogP contribution in [-0.2, 0) is 14.3 Å². The van der Waals surface area contributed by atoms with Gasteiger partial charge in [-0.3, -0.25) is 9.59 Å². The number of carbonyl (C=O) groups is 2. The minimum Gasteiger partial charge on any atom is -0.466 e. The number of ether oxygens (including phenoxy) is 1. The fourth-order valence-electron chi connectivity index (χ4n) is 11.9. The van der Waals surface area contributed by atoms with Gasteiger partial charge in [-0.2, -0.15) is 0 Å². The lowest BCUT2D eigenvalue weighted by Gasteiger charge is -2.20. The van der Waals surface area contributed by atoms with Gasteiger partial charge in [0.25, 0.3) is 0 Å². The highest BCUT2D eigenvalue weighted by Gasteiger charge is 2.18. The molecule has 0 saturated heterocycles. The molecule has 6 heteroatoms. The second-order valence-corrected chi connectivity index (χ2v) is 25.6. The van der Waals surface area contributed by atoms with Crippen LogP contribution in [0.3, 0.4) is 0 Å². The number of esters is 1. The van der Waals surface area contributed by atoms with Gasteiger partial charge >= 0.3 is 5.97 Å². The average Bonchev–Trinajstić information content (AvgIpc) is 3.46. The van der Waals surface area contributed by atoms with E-state index < -0.39 is 12.1 Å². The Balaban J connectivity index is 3.39. The van der Waals surface area contributed by atoms with E-state index in [1.165, 1.54) is 360 Å². The number of unbranched alkanes of at least 4 members (excludes halogenated alkanes) is 59. The highest BCUT2D eigenvalue weighted by atomic mass is 16.5. The van der Waals surface area contributed by atoms with Gasteiger partial charge in [0.15, 0.2) is 0 Å². The number of amides is 1. The van der Waals surface area contributed by atoms with E-state index in [2.05, 4.69) is 19.2 Å². The molecule has 0 heterocycles. The second kappa shape index (κ2) is 70.1. The molecule has 0 aromatic carbocycles. The van der Waals surface area contributed by atoms with Crippen molar-refractivity contribution in [1.29, 1.82) is 0 Å². The maximum absolute atomic E-state index is 12.5. The monoisotopic (exact) mass is 1130 g/mol. The summed E-state index contributed by atoms with van der Waals surface area (Å²) in [4.78, 5) is 24.7. The van der Waals surface area contributed by atoms with Crippen LogP contribution in [0.4, 0.5) is 0 Å². The van der Waals surface area contributed by atoms with Crippen LogP contribution in [0.25, 0.3) is 0 Å². The zero-order valence-electron chi connectivity index (χ0n) is 54.6. The summed E-state index contributed by atoms with van der Waals surface area (Å²) in [7, 11) is 0. The first-order chi connectivity index (χ1) is 39.5. The summed E-state index contributed by atoms with van der Waals surface area (Å²) < 4.78 is 5.51. The SMILES string of the molecule is CCCCCCCCCCCCCCCCCCCCCCCC/C=C/C(O)C(CO)NC(=O)CCCCCCCCCCCCCCCCCCCCCCOC(=O)CCCCCCCCCCCCCCCCCCCCC. The lowest BCUT2D eigenvalue weighted by atomic mass is 10.0. The van der Waals surface area contributed by atoms with Gasteiger partial charge in [0.1, 0.15) is 0 Å². The van der Waals surface area contributed by atoms with Gasteiger partial charge in [0.2, 0.25) is 5.91 Å². The van der Waals surface area contributed by atoms with Crippen molar-refractivity contribution in [2.24, 2.45) is 0 Å². The first kappa shape index (κ1) is 78.6. The van der Waals surface area contributed by atoms with Crippen molar-refractivity contribution in [2.45, 2.75) is 437 Å². The van der Waals surface area contributed by atoms with Crippen molar-refractivity contribution in [2.75, 3.05) is 13.2 Å². The third-order valence-electron chi connectivity index (χ3n) is 17.6. The smallest absolute Gasteiger partial charge is 0.305 e. The third-order valence-corrected chi connectivity index (χ3v) is 17.6. The van der Waals surface area contributed by atoms with Crippen molar-refractivity contribution in [1.82, 2.24) is 5.32 Å². The zero-order chi connectivity index (χ0) is 57.8. The van der Waals surface area contributed by atoms with Gasteiger partial charge < -0.3 is 20.3 Å². The van der Waals surface area contributed by atoms with Crippen molar-refractivity contribution < 1.29 is 24.5 Å². The fraction of sp³-hybridized carbons (Fsp3) is 0.946. The van der Waals surface area contributed by atoms with Gasteiger partial charge in [0.05, 0.1) is 25.4 Å². The topological polar surface area (TPSA) is 95.9 Å². The van der Waals surface area contributed by atoms with Gasteiger partial charge in [0, 0.05) is 12.8 Å². The largest absolute Gasteiger partial charge is 0.466 e. The van der Waals surface area contributed by atoms with E-state index in [0.29, 0.717) is 19.4 Å². The molecule has 0 aliphatic heterocycles. The first-order valence-corrected chi connectivity index (χ1v) is 37.0. The number of hydrogen-bond acceptors (Lipinski definition) is 5. The Kier molecular flexibility index (Phi) is 68.9. The standard InChI is InChI=1S/C74H145NO5/c1-3-5-7-9-11-13-15-17-19-21-23-24-25-26-27-31-34-38-42-46-50-54-58-62-66-72(77)71(70-76)75-73(78)67-63-59-55-51-47-43-39-35-32-28-29-33-37-41-45-49-53-57-61-65-69-80-74(79)68-64-60-56-52-48-44-40-36-30-22-20-18-16-14-12-10-8-6-4-2/h62,66,71-72,76-77H,3-61,63-65,67-70H2,1-2H3,(H,75,78)/b66-62+. The van der Waals surface area contributed by atoms with E-state index in [0.717, 1.165) is 38.5 Å². The predicted molar refractivity (Wildman–Crippen MR) is 352 cm³/mol. The molecule has 0 rings (SSSR count). The summed E-state index contributed by atoms with van der Waals surface area (Å²) >= 11 is 0. The zero-order valence-corrected chi connectivity index (χ0v) is 54.6. The maximum atomic E-state index is 12.5. The first-order valence-electron chi connectivity index (χ1n) is 37.0. The number of aliphatic hydroxyl groups excluding tert-OH is 2. The molecular weight excluding hydrogens is 983 g/mol. The lowest BCUT2D eigenvalue weighted by Crippen LogP contribution is -2.45. The fourth-order valence-corrected chi connectivity index (χ4v) is 11.9. The molecule has 0 saturated carbocycles. The Labute approximate surface area is 501 Å². The molecule has 476 valence electrons. The van der Waals surface area contributed by atoms with Crippen LogP contribution in [0, 0.1) is 0 Å². The molecule has 0 aromatic heterocycles. The minimum atomic E-state index is -0.847. The summed E-state index contributed by atoms with van der Waals surface area (Å²) in [5.41, 5.74) is 0. The molecule has 0 fully saturated rings. The quantitative estimate of drug-likeness (QED) is 0.0320. The molecule has 1 amide bonds. The Morgan fingerprint density at radius 2 is 0.575 bits per heavy atom. The van der Waals surface area contributed by atoms with Crippen LogP contribution in [0.15, 0.2) is 12.2 Å². The van der Waals surface area contributed by atoms with Crippen LogP contribution in [0.2, 0.25) is 0 Å². The Bertz CT molecular complexity index is 1210. The summed E-state index contributed by atoms with van der Waals surface area (Å²) in [6, 6.07) is -0.630. The third kappa shape index (κ3) is 65.7. The van der Waals surface area contributed by atoms with E-state index in [9.17, 15) is 19.8 Å². The summed E-state index contributed by atoms with van der Waals surface area (Å²) in [5, 5.41) is 23.3.